The Hall–Kier alpha value is -3.49. The molecule has 28 heavy (non-hydrogen) atoms. The van der Waals surface area contributed by atoms with Crippen LogP contribution < -0.4 is 10.6 Å². The van der Waals surface area contributed by atoms with Crippen LogP contribution in [0.15, 0.2) is 67.1 Å². The van der Waals surface area contributed by atoms with Gasteiger partial charge in [-0.3, -0.25) is 9.97 Å². The summed E-state index contributed by atoms with van der Waals surface area (Å²) in [6.07, 6.45) is -0.590. The van der Waals surface area contributed by atoms with E-state index in [2.05, 4.69) is 20.6 Å². The molecule has 0 fully saturated rings. The summed E-state index contributed by atoms with van der Waals surface area (Å²) in [5.41, 5.74) is -0.796. The molecule has 3 rings (SSSR count). The fraction of sp³-hybridized carbons (Fsp3) is 0.105. The zero-order chi connectivity index (χ0) is 20.1. The number of halogens is 4. The molecule has 1 atom stereocenters. The topological polar surface area (TPSA) is 66.9 Å². The smallest absolute Gasteiger partial charge is 0.325 e. The first-order valence-electron chi connectivity index (χ1n) is 8.10. The number of pyridine rings is 2. The summed E-state index contributed by atoms with van der Waals surface area (Å²) in [5, 5.41) is 4.95. The first kappa shape index (κ1) is 19.3. The zero-order valence-corrected chi connectivity index (χ0v) is 14.2. The molecule has 0 spiro atoms. The molecular formula is C19H14F4N4O. The van der Waals surface area contributed by atoms with E-state index in [-0.39, 0.29) is 5.56 Å². The maximum atomic E-state index is 13.4. The molecule has 0 bridgehead atoms. The van der Waals surface area contributed by atoms with Crippen molar-refractivity contribution in [2.45, 2.75) is 12.2 Å². The largest absolute Gasteiger partial charge is 0.418 e. The first-order chi connectivity index (χ1) is 13.3. The van der Waals surface area contributed by atoms with E-state index in [1.807, 2.05) is 0 Å². The average Bonchev–Trinajstić information content (AvgIpc) is 2.67. The minimum absolute atomic E-state index is 0.243. The molecule has 1 aromatic carbocycles. The number of carbonyl (C=O) groups excluding carboxylic acids is 1. The van der Waals surface area contributed by atoms with Gasteiger partial charge in [0.25, 0.3) is 0 Å². The third-order valence-corrected chi connectivity index (χ3v) is 3.82. The number of hydrogen-bond donors (Lipinski definition) is 2. The molecule has 9 heteroatoms. The van der Waals surface area contributed by atoms with Crippen molar-refractivity contribution in [3.8, 4) is 0 Å². The van der Waals surface area contributed by atoms with Crippen LogP contribution >= 0.6 is 0 Å². The Kier molecular flexibility index (Phi) is 5.53. The van der Waals surface area contributed by atoms with Crippen LogP contribution in [0.3, 0.4) is 0 Å². The van der Waals surface area contributed by atoms with Gasteiger partial charge < -0.3 is 10.6 Å². The first-order valence-corrected chi connectivity index (χ1v) is 8.10. The maximum absolute atomic E-state index is 13.4. The second-order valence-corrected chi connectivity index (χ2v) is 5.76. The maximum Gasteiger partial charge on any atom is 0.418 e. The van der Waals surface area contributed by atoms with Crippen LogP contribution in [-0.2, 0) is 6.18 Å². The summed E-state index contributed by atoms with van der Waals surface area (Å²) in [4.78, 5) is 20.0. The van der Waals surface area contributed by atoms with Crippen molar-refractivity contribution in [3.05, 3.63) is 89.8 Å². The van der Waals surface area contributed by atoms with Crippen molar-refractivity contribution in [1.29, 1.82) is 0 Å². The Labute approximate surface area is 157 Å². The Bertz CT molecular complexity index is 946. The fourth-order valence-corrected chi connectivity index (χ4v) is 2.59. The predicted octanol–water partition coefficient (Wildman–Crippen LogP) is 4.55. The highest BCUT2D eigenvalue weighted by atomic mass is 19.4. The molecule has 0 aliphatic carbocycles. The number of benzene rings is 1. The molecule has 1 unspecified atom stereocenters. The zero-order valence-electron chi connectivity index (χ0n) is 14.2. The summed E-state index contributed by atoms with van der Waals surface area (Å²) in [7, 11) is 0. The second kappa shape index (κ2) is 8.03. The highest BCUT2D eigenvalue weighted by molar-refractivity contribution is 5.89. The SMILES string of the molecule is O=C(Nc1cccnc1)NC(c1ccc(F)cc1)c1ncccc1C(F)(F)F. The highest BCUT2D eigenvalue weighted by Gasteiger charge is 2.37. The van der Waals surface area contributed by atoms with Gasteiger partial charge in [0.15, 0.2) is 0 Å². The lowest BCUT2D eigenvalue weighted by atomic mass is 9.99. The predicted molar refractivity (Wildman–Crippen MR) is 93.9 cm³/mol. The summed E-state index contributed by atoms with van der Waals surface area (Å²) < 4.78 is 53.6. The molecule has 0 aliphatic heterocycles. The average molecular weight is 390 g/mol. The quantitative estimate of drug-likeness (QED) is 0.643. The summed E-state index contributed by atoms with van der Waals surface area (Å²) in [6.45, 7) is 0. The standard InChI is InChI=1S/C19H14F4N4O/c20-13-7-5-12(6-8-13)16(17-15(19(21,22)23)4-2-10-25-17)27-18(28)26-14-3-1-9-24-11-14/h1-11,16H,(H2,26,27,28). The summed E-state index contributed by atoms with van der Waals surface area (Å²) >= 11 is 0. The number of nitrogens with zero attached hydrogens (tertiary/aromatic N) is 2. The van der Waals surface area contributed by atoms with Gasteiger partial charge in [0.2, 0.25) is 0 Å². The molecule has 144 valence electrons. The van der Waals surface area contributed by atoms with E-state index in [9.17, 15) is 22.4 Å². The van der Waals surface area contributed by atoms with Crippen molar-refractivity contribution >= 4 is 11.7 Å². The molecular weight excluding hydrogens is 376 g/mol. The number of alkyl halides is 3. The van der Waals surface area contributed by atoms with Crippen LogP contribution in [0.1, 0.15) is 22.9 Å². The fourth-order valence-electron chi connectivity index (χ4n) is 2.59. The Morgan fingerprint density at radius 3 is 2.36 bits per heavy atom. The molecule has 2 amide bonds. The molecule has 3 aromatic rings. The molecule has 2 N–H and O–H groups in total. The molecule has 2 aromatic heterocycles. The van der Waals surface area contributed by atoms with Gasteiger partial charge in [-0.1, -0.05) is 12.1 Å². The van der Waals surface area contributed by atoms with Gasteiger partial charge in [-0.2, -0.15) is 13.2 Å². The molecule has 5 nitrogen and oxygen atoms in total. The number of urea groups is 1. The van der Waals surface area contributed by atoms with Crippen LogP contribution in [0.5, 0.6) is 0 Å². The molecule has 0 radical (unpaired) electrons. The third kappa shape index (κ3) is 4.61. The van der Waals surface area contributed by atoms with E-state index >= 15 is 0 Å². The van der Waals surface area contributed by atoms with Gasteiger partial charge in [0, 0.05) is 12.4 Å². The third-order valence-electron chi connectivity index (χ3n) is 3.82. The van der Waals surface area contributed by atoms with E-state index in [0.29, 0.717) is 5.69 Å². The molecule has 0 saturated heterocycles. The van der Waals surface area contributed by atoms with Crippen LogP contribution in [0, 0.1) is 5.82 Å². The second-order valence-electron chi connectivity index (χ2n) is 5.76. The van der Waals surface area contributed by atoms with Crippen molar-refractivity contribution < 1.29 is 22.4 Å². The number of hydrogen-bond acceptors (Lipinski definition) is 3. The van der Waals surface area contributed by atoms with Gasteiger partial charge in [-0.15, -0.1) is 0 Å². The van der Waals surface area contributed by atoms with Crippen LogP contribution in [0.25, 0.3) is 0 Å². The normalized spacial score (nSPS) is 12.3. The number of carbonyl (C=O) groups is 1. The van der Waals surface area contributed by atoms with Crippen LogP contribution in [0.2, 0.25) is 0 Å². The molecule has 2 heterocycles. The van der Waals surface area contributed by atoms with E-state index in [4.69, 9.17) is 0 Å². The monoisotopic (exact) mass is 390 g/mol. The minimum atomic E-state index is -4.68. The Morgan fingerprint density at radius 2 is 1.71 bits per heavy atom. The number of amides is 2. The summed E-state index contributed by atoms with van der Waals surface area (Å²) in [5.74, 6) is -0.556. The van der Waals surface area contributed by atoms with Gasteiger partial charge in [-0.05, 0) is 42.0 Å². The van der Waals surface area contributed by atoms with Gasteiger partial charge in [0.05, 0.1) is 29.2 Å². The highest BCUT2D eigenvalue weighted by Crippen LogP contribution is 2.35. The van der Waals surface area contributed by atoms with Crippen LogP contribution in [-0.4, -0.2) is 16.0 Å². The number of anilines is 1. The van der Waals surface area contributed by atoms with Crippen molar-refractivity contribution in [2.75, 3.05) is 5.32 Å². The Morgan fingerprint density at radius 1 is 1.00 bits per heavy atom. The number of aromatic nitrogens is 2. The van der Waals surface area contributed by atoms with Crippen molar-refractivity contribution in [3.63, 3.8) is 0 Å². The van der Waals surface area contributed by atoms with E-state index in [0.717, 1.165) is 24.3 Å². The summed E-state index contributed by atoms with van der Waals surface area (Å²) in [6, 6.07) is 7.95. The van der Waals surface area contributed by atoms with E-state index in [1.165, 1.54) is 30.7 Å². The molecule has 0 saturated carbocycles. The van der Waals surface area contributed by atoms with Crippen molar-refractivity contribution in [1.82, 2.24) is 15.3 Å². The van der Waals surface area contributed by atoms with Gasteiger partial charge in [0.1, 0.15) is 5.82 Å². The van der Waals surface area contributed by atoms with Gasteiger partial charge in [-0.25, -0.2) is 9.18 Å². The number of rotatable bonds is 4. The van der Waals surface area contributed by atoms with E-state index in [1.54, 1.807) is 12.1 Å². The van der Waals surface area contributed by atoms with E-state index < -0.39 is 35.3 Å². The minimum Gasteiger partial charge on any atom is -0.325 e. The number of nitrogens with one attached hydrogen (secondary N) is 2. The van der Waals surface area contributed by atoms with Gasteiger partial charge >= 0.3 is 12.2 Å². The van der Waals surface area contributed by atoms with Crippen LogP contribution in [0.4, 0.5) is 28.0 Å². The lowest BCUT2D eigenvalue weighted by molar-refractivity contribution is -0.138. The lowest BCUT2D eigenvalue weighted by Gasteiger charge is -2.22. The molecule has 0 aliphatic rings. The van der Waals surface area contributed by atoms with Crippen molar-refractivity contribution in [2.24, 2.45) is 0 Å². The lowest BCUT2D eigenvalue weighted by Crippen LogP contribution is -2.35. The Balaban J connectivity index is 1.97.